The van der Waals surface area contributed by atoms with Gasteiger partial charge in [0.05, 0.1) is 21.3 Å². The molecule has 0 atom stereocenters. The lowest BCUT2D eigenvalue weighted by molar-refractivity contribution is -0.636. The number of nitrogens with zero attached hydrogens (tertiary/aromatic N) is 2. The predicted molar refractivity (Wildman–Crippen MR) is 158 cm³/mol. The molecule has 6 rings (SSSR count). The van der Waals surface area contributed by atoms with Gasteiger partial charge in [-0.15, -0.1) is 0 Å². The molecule has 6 aromatic rings. The van der Waals surface area contributed by atoms with Crippen molar-refractivity contribution >= 4 is 45.4 Å². The third-order valence-electron chi connectivity index (χ3n) is 7.14. The highest BCUT2D eigenvalue weighted by Crippen LogP contribution is 2.38. The van der Waals surface area contributed by atoms with E-state index in [1.165, 1.54) is 0 Å². The number of pyridine rings is 1. The van der Waals surface area contributed by atoms with Crippen LogP contribution in [0.3, 0.4) is 0 Å². The lowest BCUT2D eigenvalue weighted by Gasteiger charge is -2.13. The van der Waals surface area contributed by atoms with Gasteiger partial charge in [-0.3, -0.25) is 0 Å². The van der Waals surface area contributed by atoms with E-state index in [1.807, 2.05) is 36.4 Å². The number of benzene rings is 4. The lowest BCUT2D eigenvalue weighted by Crippen LogP contribution is -2.34. The maximum atomic E-state index is 6.12. The van der Waals surface area contributed by atoms with Gasteiger partial charge in [0.2, 0.25) is 5.75 Å². The number of aromatic nitrogens is 2. The van der Waals surface area contributed by atoms with Crippen LogP contribution in [0, 0.1) is 0 Å². The van der Waals surface area contributed by atoms with Crippen LogP contribution in [-0.2, 0) is 6.54 Å². The van der Waals surface area contributed by atoms with E-state index in [4.69, 9.17) is 19.9 Å². The van der Waals surface area contributed by atoms with Crippen molar-refractivity contribution in [3.8, 4) is 17.2 Å². The molecule has 0 aliphatic heterocycles. The zero-order chi connectivity index (χ0) is 26.9. The van der Waals surface area contributed by atoms with E-state index >= 15 is 0 Å². The molecule has 4 aromatic carbocycles. The lowest BCUT2D eigenvalue weighted by atomic mass is 10.1. The molecular formula is C33H30N3O3+. The molecule has 2 N–H and O–H groups in total. The third kappa shape index (κ3) is 4.30. The van der Waals surface area contributed by atoms with Gasteiger partial charge in [0.25, 0.3) is 5.65 Å². The summed E-state index contributed by atoms with van der Waals surface area (Å²) >= 11 is 0. The first kappa shape index (κ1) is 24.4. The topological polar surface area (TPSA) is 62.0 Å². The van der Waals surface area contributed by atoms with E-state index in [0.717, 1.165) is 50.0 Å². The number of hydrogen-bond donors (Lipinski definition) is 1. The van der Waals surface area contributed by atoms with Crippen LogP contribution in [0.15, 0.2) is 91.0 Å². The molecule has 0 saturated heterocycles. The van der Waals surface area contributed by atoms with Crippen molar-refractivity contribution in [2.45, 2.75) is 6.54 Å². The molecule has 2 heterocycles. The maximum absolute atomic E-state index is 6.12. The Morgan fingerprint density at radius 2 is 1.49 bits per heavy atom. The van der Waals surface area contributed by atoms with Crippen molar-refractivity contribution in [2.75, 3.05) is 27.1 Å². The fourth-order valence-electron chi connectivity index (χ4n) is 5.27. The fraction of sp³-hybridized carbons (Fsp3) is 0.121. The summed E-state index contributed by atoms with van der Waals surface area (Å²) < 4.78 is 21.4. The van der Waals surface area contributed by atoms with Gasteiger partial charge in [-0.2, -0.15) is 4.40 Å². The van der Waals surface area contributed by atoms with Crippen LogP contribution in [0.2, 0.25) is 0 Å². The Kier molecular flexibility index (Phi) is 6.29. The van der Waals surface area contributed by atoms with Crippen molar-refractivity contribution in [2.24, 2.45) is 0 Å². The monoisotopic (exact) mass is 516 g/mol. The van der Waals surface area contributed by atoms with Crippen LogP contribution in [0.25, 0.3) is 39.7 Å². The third-order valence-corrected chi connectivity index (χ3v) is 7.14. The Morgan fingerprint density at radius 3 is 2.23 bits per heavy atom. The summed E-state index contributed by atoms with van der Waals surface area (Å²) in [6, 6.07) is 31.3. The van der Waals surface area contributed by atoms with Crippen LogP contribution >= 0.6 is 0 Å². The smallest absolute Gasteiger partial charge is 0.287 e. The summed E-state index contributed by atoms with van der Waals surface area (Å²) in [5, 5.41) is 1.16. The maximum Gasteiger partial charge on any atom is 0.287 e. The summed E-state index contributed by atoms with van der Waals surface area (Å²) in [6.07, 6.45) is 4.17. The first-order valence-electron chi connectivity index (χ1n) is 12.8. The molecule has 0 aliphatic carbocycles. The molecule has 0 unspecified atom stereocenters. The molecule has 0 fully saturated rings. The van der Waals surface area contributed by atoms with Crippen molar-refractivity contribution in [1.29, 1.82) is 0 Å². The molecule has 0 bridgehead atoms. The number of para-hydroxylation sites is 3. The Hall–Kier alpha value is -4.97. The molecule has 6 heteroatoms. The van der Waals surface area contributed by atoms with Gasteiger partial charge in [-0.1, -0.05) is 48.6 Å². The number of fused-ring (bicyclic) bond motifs is 5. The van der Waals surface area contributed by atoms with Crippen LogP contribution in [0.4, 0.5) is 5.69 Å². The highest BCUT2D eigenvalue weighted by molar-refractivity contribution is 5.90. The number of rotatable bonds is 7. The van der Waals surface area contributed by atoms with Crippen LogP contribution < -0.4 is 24.5 Å². The number of anilines is 1. The quantitative estimate of drug-likeness (QED) is 0.152. The molecule has 0 spiro atoms. The van der Waals surface area contributed by atoms with Crippen molar-refractivity contribution in [1.82, 2.24) is 4.40 Å². The number of methoxy groups -OCH3 is 3. The summed E-state index contributed by atoms with van der Waals surface area (Å²) in [5.41, 5.74) is 14.6. The number of nitrogens with two attached hydrogens (primary N) is 1. The Labute approximate surface area is 227 Å². The minimum absolute atomic E-state index is 0.589. The molecule has 2 aromatic heterocycles. The molecular weight excluding hydrogens is 486 g/mol. The second kappa shape index (κ2) is 10.1. The molecule has 39 heavy (non-hydrogen) atoms. The number of nitrogen functional groups attached to an aromatic ring is 1. The number of hydrogen-bond acceptors (Lipinski definition) is 4. The van der Waals surface area contributed by atoms with E-state index in [1.54, 1.807) is 21.3 Å². The zero-order valence-corrected chi connectivity index (χ0v) is 22.2. The second-order valence-corrected chi connectivity index (χ2v) is 9.42. The van der Waals surface area contributed by atoms with Gasteiger partial charge >= 0.3 is 0 Å². The van der Waals surface area contributed by atoms with E-state index in [0.29, 0.717) is 23.8 Å². The van der Waals surface area contributed by atoms with Gasteiger partial charge in [-0.05, 0) is 59.7 Å². The van der Waals surface area contributed by atoms with Crippen molar-refractivity contribution in [3.63, 3.8) is 0 Å². The normalized spacial score (nSPS) is 11.6. The van der Waals surface area contributed by atoms with Crippen LogP contribution in [0.5, 0.6) is 17.2 Å². The molecule has 0 aliphatic rings. The standard InChI is InChI=1S/C33H30N3O3/c1-37-30-19-23(20-31(38-2)33(30)39-3)21-35-28-10-6-7-11-29(28)36-27-16-13-22(18-25(27)15-17-32(35)36)12-14-24-8-4-5-9-26(24)34/h4-20H,21,34H2,1-3H3/q+1/b14-12+. The fourth-order valence-corrected chi connectivity index (χ4v) is 5.27. The van der Waals surface area contributed by atoms with E-state index in [9.17, 15) is 0 Å². The Bertz CT molecular complexity index is 1850. The van der Waals surface area contributed by atoms with E-state index < -0.39 is 0 Å². The Balaban J connectivity index is 1.47. The molecule has 6 nitrogen and oxygen atoms in total. The molecule has 194 valence electrons. The first-order chi connectivity index (χ1) is 19.1. The number of imidazole rings is 1. The Morgan fingerprint density at radius 1 is 0.744 bits per heavy atom. The largest absolute Gasteiger partial charge is 0.493 e. The molecule has 0 amide bonds. The van der Waals surface area contributed by atoms with Crippen molar-refractivity contribution < 1.29 is 18.8 Å². The van der Waals surface area contributed by atoms with Crippen LogP contribution in [0.1, 0.15) is 16.7 Å². The van der Waals surface area contributed by atoms with E-state index in [-0.39, 0.29) is 0 Å². The predicted octanol–water partition coefficient (Wildman–Crippen LogP) is 6.36. The van der Waals surface area contributed by atoms with Crippen LogP contribution in [-0.4, -0.2) is 25.7 Å². The van der Waals surface area contributed by atoms with Gasteiger partial charge in [-0.25, -0.2) is 4.57 Å². The van der Waals surface area contributed by atoms with Gasteiger partial charge in [0.15, 0.2) is 22.5 Å². The minimum Gasteiger partial charge on any atom is -0.493 e. The summed E-state index contributed by atoms with van der Waals surface area (Å²) in [6.45, 7) is 0.637. The summed E-state index contributed by atoms with van der Waals surface area (Å²) in [7, 11) is 4.90. The summed E-state index contributed by atoms with van der Waals surface area (Å²) in [5.74, 6) is 1.87. The van der Waals surface area contributed by atoms with Crippen molar-refractivity contribution in [3.05, 3.63) is 108 Å². The molecule has 0 saturated carbocycles. The van der Waals surface area contributed by atoms with E-state index in [2.05, 4.69) is 75.7 Å². The average Bonchev–Trinajstić information content (AvgIpc) is 3.29. The highest BCUT2D eigenvalue weighted by Gasteiger charge is 2.22. The van der Waals surface area contributed by atoms with Gasteiger partial charge < -0.3 is 19.9 Å². The second-order valence-electron chi connectivity index (χ2n) is 9.42. The first-order valence-corrected chi connectivity index (χ1v) is 12.8. The average molecular weight is 517 g/mol. The minimum atomic E-state index is 0.589. The zero-order valence-electron chi connectivity index (χ0n) is 22.2. The highest BCUT2D eigenvalue weighted by atomic mass is 16.5. The molecule has 0 radical (unpaired) electrons. The SMILES string of the molecule is COc1cc(C[n+]2c3ccccc3n3c4ccc(/C=C/c5ccccc5N)cc4ccc32)cc(OC)c1OC. The summed E-state index contributed by atoms with van der Waals surface area (Å²) in [4.78, 5) is 0. The van der Waals surface area contributed by atoms with Gasteiger partial charge in [0, 0.05) is 22.7 Å². The van der Waals surface area contributed by atoms with Gasteiger partial charge in [0.1, 0.15) is 12.1 Å². The number of ether oxygens (including phenoxy) is 3.